The first-order valence-corrected chi connectivity index (χ1v) is 11.2. The number of aromatic nitrogens is 3. The third-order valence-corrected chi connectivity index (χ3v) is 7.17. The molecular weight excluding hydrogens is 417 g/mol. The van der Waals surface area contributed by atoms with Crippen molar-refractivity contribution >= 4 is 33.8 Å². The number of rotatable bonds is 4. The van der Waals surface area contributed by atoms with Crippen LogP contribution >= 0.6 is 11.3 Å². The molecule has 0 amide bonds. The summed E-state index contributed by atoms with van der Waals surface area (Å²) < 4.78 is 21.4. The minimum Gasteiger partial charge on any atom is -0.428 e. The molecule has 2 aliphatic rings. The maximum Gasteiger partial charge on any atom is 0.298 e. The van der Waals surface area contributed by atoms with Gasteiger partial charge in [0.05, 0.1) is 27.0 Å². The molecule has 0 saturated carbocycles. The minimum absolute atomic E-state index is 0.219. The molecule has 1 fully saturated rings. The predicted molar refractivity (Wildman–Crippen MR) is 119 cm³/mol. The Bertz CT molecular complexity index is 1160. The van der Waals surface area contributed by atoms with Crippen molar-refractivity contribution in [3.63, 3.8) is 0 Å². The molecule has 2 aromatic heterocycles. The number of benzene rings is 1. The van der Waals surface area contributed by atoms with E-state index in [2.05, 4.69) is 25.4 Å². The Morgan fingerprint density at radius 2 is 2.16 bits per heavy atom. The van der Waals surface area contributed by atoms with Gasteiger partial charge < -0.3 is 15.0 Å². The van der Waals surface area contributed by atoms with Crippen molar-refractivity contribution in [1.82, 2.24) is 20.5 Å². The number of carbonyl (C=O) groups is 1. The molecule has 2 aliphatic heterocycles. The van der Waals surface area contributed by atoms with Crippen LogP contribution in [0.5, 0.6) is 5.75 Å². The van der Waals surface area contributed by atoms with Gasteiger partial charge in [-0.05, 0) is 52.3 Å². The van der Waals surface area contributed by atoms with E-state index < -0.39 is 11.7 Å². The Morgan fingerprint density at radius 1 is 1.32 bits per heavy atom. The summed E-state index contributed by atoms with van der Waals surface area (Å²) >= 11 is 1.57. The Hall–Kier alpha value is -2.65. The van der Waals surface area contributed by atoms with Crippen LogP contribution in [0, 0.1) is 6.92 Å². The van der Waals surface area contributed by atoms with Crippen molar-refractivity contribution in [2.75, 3.05) is 18.0 Å². The zero-order valence-electron chi connectivity index (χ0n) is 17.7. The van der Waals surface area contributed by atoms with E-state index in [4.69, 9.17) is 4.74 Å². The van der Waals surface area contributed by atoms with Gasteiger partial charge in [-0.2, -0.15) is 0 Å². The average molecular weight is 442 g/mol. The summed E-state index contributed by atoms with van der Waals surface area (Å²) in [6.45, 7) is 7.65. The van der Waals surface area contributed by atoms with Crippen molar-refractivity contribution in [2.45, 2.75) is 51.4 Å². The van der Waals surface area contributed by atoms with Gasteiger partial charge >= 0.3 is 0 Å². The first-order valence-electron chi connectivity index (χ1n) is 10.4. The fraction of sp³-hybridized carbons (Fsp3) is 0.455. The second kappa shape index (κ2) is 7.49. The molecule has 162 valence electrons. The van der Waals surface area contributed by atoms with Gasteiger partial charge in [0.1, 0.15) is 11.9 Å². The maximum atomic E-state index is 15.2. The molecule has 1 saturated heterocycles. The van der Waals surface area contributed by atoms with Crippen molar-refractivity contribution < 1.29 is 13.9 Å². The number of carbonyl (C=O) groups excluding carboxylic acids is 1. The lowest BCUT2D eigenvalue weighted by Crippen LogP contribution is -2.62. The van der Waals surface area contributed by atoms with Crippen molar-refractivity contribution in [2.24, 2.45) is 0 Å². The standard InChI is InChI=1S/C22H24FN5O2S/c1-12-25-16-10-18(30-11-29)14(9-19(16)31-12)15-8-13-5-7-28(21(13)27-26-15)17-4-6-24-22(2,3)20(17)23/h8-11,17,20,24H,4-7H2,1-3H3/t17-,20-/m1/s1. The van der Waals surface area contributed by atoms with Crippen LogP contribution in [-0.2, 0) is 11.2 Å². The van der Waals surface area contributed by atoms with E-state index in [0.29, 0.717) is 23.5 Å². The number of halogens is 1. The molecule has 0 spiro atoms. The molecule has 0 radical (unpaired) electrons. The quantitative estimate of drug-likeness (QED) is 0.621. The monoisotopic (exact) mass is 441 g/mol. The molecule has 7 nitrogen and oxygen atoms in total. The molecule has 3 aromatic rings. The Morgan fingerprint density at radius 3 is 2.97 bits per heavy atom. The lowest BCUT2D eigenvalue weighted by Gasteiger charge is -2.44. The SMILES string of the molecule is Cc1nc2cc(OC=O)c(-c3cc4c(nn3)N([C@@H]3CCNC(C)(C)[C@@H]3F)CC4)cc2s1. The summed E-state index contributed by atoms with van der Waals surface area (Å²) in [5, 5.41) is 13.1. The van der Waals surface area contributed by atoms with E-state index in [-0.39, 0.29) is 6.04 Å². The lowest BCUT2D eigenvalue weighted by molar-refractivity contribution is -0.120. The molecule has 1 N–H and O–H groups in total. The van der Waals surface area contributed by atoms with Crippen LogP contribution in [0.3, 0.4) is 0 Å². The summed E-state index contributed by atoms with van der Waals surface area (Å²) in [6.07, 6.45) is 0.505. The van der Waals surface area contributed by atoms with Crippen molar-refractivity contribution in [1.29, 1.82) is 0 Å². The summed E-state index contributed by atoms with van der Waals surface area (Å²) in [5.74, 6) is 1.16. The number of nitrogens with zero attached hydrogens (tertiary/aromatic N) is 4. The third kappa shape index (κ3) is 3.45. The summed E-state index contributed by atoms with van der Waals surface area (Å²) in [5.41, 5.74) is 2.58. The second-order valence-corrected chi connectivity index (χ2v) is 9.93. The second-order valence-electron chi connectivity index (χ2n) is 8.69. The van der Waals surface area contributed by atoms with Gasteiger partial charge in [-0.25, -0.2) is 9.37 Å². The van der Waals surface area contributed by atoms with Crippen LogP contribution in [0.1, 0.15) is 30.8 Å². The van der Waals surface area contributed by atoms with Crippen LogP contribution in [0.4, 0.5) is 10.2 Å². The van der Waals surface area contributed by atoms with Crippen LogP contribution in [0.25, 0.3) is 21.5 Å². The predicted octanol–water partition coefficient (Wildman–Crippen LogP) is 3.44. The van der Waals surface area contributed by atoms with Gasteiger partial charge in [-0.15, -0.1) is 21.5 Å². The van der Waals surface area contributed by atoms with Gasteiger partial charge in [0.25, 0.3) is 6.47 Å². The number of piperidine rings is 1. The average Bonchev–Trinajstić information content (AvgIpc) is 3.31. The number of ether oxygens (including phenoxy) is 1. The highest BCUT2D eigenvalue weighted by atomic mass is 32.1. The number of hydrogen-bond acceptors (Lipinski definition) is 8. The van der Waals surface area contributed by atoms with E-state index in [0.717, 1.165) is 52.5 Å². The fourth-order valence-corrected chi connectivity index (χ4v) is 5.50. The van der Waals surface area contributed by atoms with Crippen LogP contribution in [0.2, 0.25) is 0 Å². The number of nitrogens with one attached hydrogen (secondary N) is 1. The van der Waals surface area contributed by atoms with E-state index in [1.807, 2.05) is 32.9 Å². The number of alkyl halides is 1. The van der Waals surface area contributed by atoms with E-state index >= 15 is 4.39 Å². The number of thiazole rings is 1. The van der Waals surface area contributed by atoms with Crippen LogP contribution < -0.4 is 15.0 Å². The topological polar surface area (TPSA) is 80.2 Å². The normalized spacial score (nSPS) is 22.5. The highest BCUT2D eigenvalue weighted by Gasteiger charge is 2.44. The lowest BCUT2D eigenvalue weighted by atomic mass is 9.86. The van der Waals surface area contributed by atoms with Gasteiger partial charge in [0, 0.05) is 29.3 Å². The van der Waals surface area contributed by atoms with Crippen LogP contribution in [0.15, 0.2) is 18.2 Å². The van der Waals surface area contributed by atoms with Gasteiger partial charge in [0.2, 0.25) is 0 Å². The third-order valence-electron chi connectivity index (χ3n) is 6.24. The van der Waals surface area contributed by atoms with Crippen LogP contribution in [-0.4, -0.2) is 52.5 Å². The molecule has 2 atom stereocenters. The first kappa shape index (κ1) is 20.3. The summed E-state index contributed by atoms with van der Waals surface area (Å²) in [4.78, 5) is 17.6. The molecule has 0 bridgehead atoms. The number of aryl methyl sites for hydroxylation is 1. The zero-order chi connectivity index (χ0) is 21.8. The maximum absolute atomic E-state index is 15.2. The highest BCUT2D eigenvalue weighted by Crippen LogP contribution is 2.39. The molecule has 4 heterocycles. The zero-order valence-corrected chi connectivity index (χ0v) is 18.5. The molecule has 1 aromatic carbocycles. The Labute approximate surface area is 183 Å². The summed E-state index contributed by atoms with van der Waals surface area (Å²) in [7, 11) is 0. The molecule has 9 heteroatoms. The number of hydrogen-bond donors (Lipinski definition) is 1. The Balaban J connectivity index is 1.52. The molecule has 5 rings (SSSR count). The first-order chi connectivity index (χ1) is 14.9. The van der Waals surface area contributed by atoms with Gasteiger partial charge in [0.15, 0.2) is 5.82 Å². The summed E-state index contributed by atoms with van der Waals surface area (Å²) in [6, 6.07) is 5.46. The van der Waals surface area contributed by atoms with Crippen molar-refractivity contribution in [3.05, 3.63) is 28.8 Å². The number of fused-ring (bicyclic) bond motifs is 2. The smallest absolute Gasteiger partial charge is 0.298 e. The molecule has 31 heavy (non-hydrogen) atoms. The highest BCUT2D eigenvalue weighted by molar-refractivity contribution is 7.18. The molecule has 0 unspecified atom stereocenters. The Kier molecular flexibility index (Phi) is 4.90. The molecular formula is C22H24FN5O2S. The van der Waals surface area contributed by atoms with E-state index in [1.165, 1.54) is 0 Å². The molecule has 0 aliphatic carbocycles. The van der Waals surface area contributed by atoms with Gasteiger partial charge in [-0.1, -0.05) is 0 Å². The van der Waals surface area contributed by atoms with E-state index in [9.17, 15) is 4.79 Å². The van der Waals surface area contributed by atoms with Gasteiger partial charge in [-0.3, -0.25) is 4.79 Å². The number of anilines is 1. The largest absolute Gasteiger partial charge is 0.428 e. The van der Waals surface area contributed by atoms with Crippen molar-refractivity contribution in [3.8, 4) is 17.0 Å². The fourth-order valence-electron chi connectivity index (χ4n) is 4.65. The minimum atomic E-state index is -1.00. The van der Waals surface area contributed by atoms with E-state index in [1.54, 1.807) is 17.4 Å².